The zero-order valence-corrected chi connectivity index (χ0v) is 15.6. The van der Waals surface area contributed by atoms with Crippen molar-refractivity contribution < 1.29 is 23.5 Å². The number of aromatic nitrogens is 2. The molecule has 1 unspecified atom stereocenters. The van der Waals surface area contributed by atoms with Gasteiger partial charge in [0.15, 0.2) is 0 Å². The largest absolute Gasteiger partial charge is 0.465 e. The quantitative estimate of drug-likeness (QED) is 0.805. The van der Waals surface area contributed by atoms with Gasteiger partial charge >= 0.3 is 12.1 Å². The van der Waals surface area contributed by atoms with E-state index in [9.17, 15) is 14.0 Å². The molecule has 2 aromatic rings. The molecule has 0 bridgehead atoms. The minimum absolute atomic E-state index is 0.138. The van der Waals surface area contributed by atoms with Crippen LogP contribution in [0.15, 0.2) is 24.4 Å². The molecule has 8 nitrogen and oxygen atoms in total. The normalized spacial score (nSPS) is 16.5. The van der Waals surface area contributed by atoms with Crippen molar-refractivity contribution in [2.75, 3.05) is 33.0 Å². The first-order valence-electron chi connectivity index (χ1n) is 8.78. The Morgan fingerprint density at radius 2 is 2.07 bits per heavy atom. The second-order valence-electron chi connectivity index (χ2n) is 6.44. The van der Waals surface area contributed by atoms with Crippen molar-refractivity contribution in [2.24, 2.45) is 0 Å². The predicted molar refractivity (Wildman–Crippen MR) is 99.1 cm³/mol. The molecule has 3 rings (SSSR count). The van der Waals surface area contributed by atoms with E-state index >= 15 is 0 Å². The maximum atomic E-state index is 14.4. The number of ether oxygens (including phenoxy) is 2. The van der Waals surface area contributed by atoms with Gasteiger partial charge < -0.3 is 20.1 Å². The van der Waals surface area contributed by atoms with Gasteiger partial charge in [0, 0.05) is 24.6 Å². The summed E-state index contributed by atoms with van der Waals surface area (Å²) in [4.78, 5) is 34.4. The number of methoxy groups -OCH3 is 2. The number of likely N-dealkylation sites (tertiary alicyclic amines) is 1. The van der Waals surface area contributed by atoms with Crippen LogP contribution in [0.4, 0.5) is 15.0 Å². The van der Waals surface area contributed by atoms with Crippen LogP contribution in [0.2, 0.25) is 0 Å². The molecule has 0 spiro atoms. The highest BCUT2D eigenvalue weighted by atomic mass is 19.1. The molecule has 1 aromatic heterocycles. The fraction of sp³-hybridized carbons (Fsp3) is 0.368. The summed E-state index contributed by atoms with van der Waals surface area (Å²) >= 11 is 0. The van der Waals surface area contributed by atoms with Crippen LogP contribution in [0, 0.1) is 5.82 Å². The number of anilines is 1. The van der Waals surface area contributed by atoms with Gasteiger partial charge in [-0.15, -0.1) is 0 Å². The van der Waals surface area contributed by atoms with E-state index in [0.29, 0.717) is 24.5 Å². The maximum Gasteiger partial charge on any atom is 0.409 e. The molecule has 1 atom stereocenters. The van der Waals surface area contributed by atoms with Gasteiger partial charge in [-0.25, -0.2) is 19.0 Å². The van der Waals surface area contributed by atoms with E-state index in [2.05, 4.69) is 9.97 Å². The van der Waals surface area contributed by atoms with Crippen molar-refractivity contribution >= 4 is 17.9 Å². The van der Waals surface area contributed by atoms with Gasteiger partial charge in [-0.05, 0) is 18.9 Å². The number of carbonyl (C=O) groups excluding carboxylic acids is 2. The molecule has 2 heterocycles. The predicted octanol–water partition coefficient (Wildman–Crippen LogP) is 2.60. The summed E-state index contributed by atoms with van der Waals surface area (Å²) in [5.41, 5.74) is 6.68. The van der Waals surface area contributed by atoms with E-state index < -0.39 is 17.9 Å². The molecule has 1 fully saturated rings. The molecule has 28 heavy (non-hydrogen) atoms. The van der Waals surface area contributed by atoms with Crippen molar-refractivity contribution in [3.8, 4) is 11.3 Å². The first-order valence-corrected chi connectivity index (χ1v) is 8.78. The SMILES string of the molecule is COC(=O)c1c(F)cccc1-c1nc(N)cnc1C1CCCN(C(=O)OC)C1. The van der Waals surface area contributed by atoms with Crippen molar-refractivity contribution in [1.82, 2.24) is 14.9 Å². The summed E-state index contributed by atoms with van der Waals surface area (Å²) in [5, 5.41) is 0. The molecule has 0 saturated carbocycles. The summed E-state index contributed by atoms with van der Waals surface area (Å²) in [6.45, 7) is 0.954. The van der Waals surface area contributed by atoms with Gasteiger partial charge in [0.2, 0.25) is 0 Å². The van der Waals surface area contributed by atoms with E-state index in [1.807, 2.05) is 0 Å². The number of hydrogen-bond donors (Lipinski definition) is 1. The monoisotopic (exact) mass is 388 g/mol. The number of benzene rings is 1. The van der Waals surface area contributed by atoms with E-state index in [-0.39, 0.29) is 22.9 Å². The van der Waals surface area contributed by atoms with Gasteiger partial charge in [-0.3, -0.25) is 4.98 Å². The van der Waals surface area contributed by atoms with E-state index in [1.165, 1.54) is 32.5 Å². The number of nitrogens with two attached hydrogens (primary N) is 1. The van der Waals surface area contributed by atoms with Crippen LogP contribution in [0.1, 0.15) is 34.8 Å². The number of nitrogen functional groups attached to an aromatic ring is 1. The number of rotatable bonds is 3. The second-order valence-corrected chi connectivity index (χ2v) is 6.44. The molecule has 1 saturated heterocycles. The third-order valence-corrected chi connectivity index (χ3v) is 4.72. The Labute approximate surface area is 161 Å². The highest BCUT2D eigenvalue weighted by Gasteiger charge is 2.30. The average Bonchev–Trinajstić information content (AvgIpc) is 2.72. The molecular weight excluding hydrogens is 367 g/mol. The number of halogens is 1. The minimum Gasteiger partial charge on any atom is -0.465 e. The summed E-state index contributed by atoms with van der Waals surface area (Å²) in [6.07, 6.45) is 2.49. The van der Waals surface area contributed by atoms with Crippen molar-refractivity contribution in [1.29, 1.82) is 0 Å². The average molecular weight is 388 g/mol. The van der Waals surface area contributed by atoms with Gasteiger partial charge in [-0.2, -0.15) is 0 Å². The fourth-order valence-electron chi connectivity index (χ4n) is 3.44. The van der Waals surface area contributed by atoms with Crippen LogP contribution in [-0.2, 0) is 9.47 Å². The van der Waals surface area contributed by atoms with Gasteiger partial charge in [0.25, 0.3) is 0 Å². The van der Waals surface area contributed by atoms with E-state index in [1.54, 1.807) is 11.0 Å². The lowest BCUT2D eigenvalue weighted by Gasteiger charge is -2.32. The van der Waals surface area contributed by atoms with Crippen LogP contribution >= 0.6 is 0 Å². The Bertz CT molecular complexity index is 905. The highest BCUT2D eigenvalue weighted by molar-refractivity contribution is 5.97. The second kappa shape index (κ2) is 8.20. The molecule has 1 amide bonds. The standard InChI is InChI=1S/C19H21FN4O4/c1-27-18(25)15-12(6-3-7-13(15)20)17-16(22-9-14(21)23-17)11-5-4-8-24(10-11)19(26)28-2/h3,6-7,9,11H,4-5,8,10H2,1-2H3,(H2,21,23). The van der Waals surface area contributed by atoms with Crippen molar-refractivity contribution in [3.05, 3.63) is 41.5 Å². The third-order valence-electron chi connectivity index (χ3n) is 4.72. The molecule has 9 heteroatoms. The van der Waals surface area contributed by atoms with Crippen LogP contribution in [0.3, 0.4) is 0 Å². The lowest BCUT2D eigenvalue weighted by molar-refractivity contribution is 0.0596. The van der Waals surface area contributed by atoms with Gasteiger partial charge in [0.1, 0.15) is 17.2 Å². The number of piperidine rings is 1. The van der Waals surface area contributed by atoms with E-state index in [4.69, 9.17) is 15.2 Å². The molecule has 148 valence electrons. The first-order chi connectivity index (χ1) is 13.5. The topological polar surface area (TPSA) is 108 Å². The van der Waals surface area contributed by atoms with Crippen LogP contribution in [-0.4, -0.2) is 54.2 Å². The van der Waals surface area contributed by atoms with Gasteiger partial charge in [-0.1, -0.05) is 12.1 Å². The Kier molecular flexibility index (Phi) is 5.72. The number of hydrogen-bond acceptors (Lipinski definition) is 7. The number of esters is 1. The van der Waals surface area contributed by atoms with Crippen LogP contribution in [0.5, 0.6) is 0 Å². The van der Waals surface area contributed by atoms with Crippen LogP contribution in [0.25, 0.3) is 11.3 Å². The Hall–Kier alpha value is -3.23. The minimum atomic E-state index is -0.817. The lowest BCUT2D eigenvalue weighted by Crippen LogP contribution is -2.39. The summed E-state index contributed by atoms with van der Waals surface area (Å²) in [7, 11) is 2.51. The molecule has 2 N–H and O–H groups in total. The Morgan fingerprint density at radius 1 is 1.29 bits per heavy atom. The van der Waals surface area contributed by atoms with Gasteiger partial charge in [0.05, 0.1) is 31.8 Å². The maximum absolute atomic E-state index is 14.4. The Morgan fingerprint density at radius 3 is 2.79 bits per heavy atom. The smallest absolute Gasteiger partial charge is 0.409 e. The van der Waals surface area contributed by atoms with Crippen molar-refractivity contribution in [3.63, 3.8) is 0 Å². The number of amides is 1. The molecular formula is C19H21FN4O4. The number of nitrogens with zero attached hydrogens (tertiary/aromatic N) is 3. The summed E-state index contributed by atoms with van der Waals surface area (Å²) < 4.78 is 24.0. The van der Waals surface area contributed by atoms with Crippen molar-refractivity contribution in [2.45, 2.75) is 18.8 Å². The highest BCUT2D eigenvalue weighted by Crippen LogP contribution is 2.35. The summed E-state index contributed by atoms with van der Waals surface area (Å²) in [6, 6.07) is 4.23. The van der Waals surface area contributed by atoms with Crippen LogP contribution < -0.4 is 5.73 Å². The first kappa shape index (κ1) is 19.5. The molecule has 1 aromatic carbocycles. The third kappa shape index (κ3) is 3.73. The lowest BCUT2D eigenvalue weighted by atomic mass is 9.90. The molecule has 0 radical (unpaired) electrons. The Balaban J connectivity index is 2.10. The zero-order chi connectivity index (χ0) is 20.3. The molecule has 1 aliphatic heterocycles. The summed E-state index contributed by atoms with van der Waals surface area (Å²) in [5.74, 6) is -1.56. The fourth-order valence-corrected chi connectivity index (χ4v) is 3.44. The molecule has 0 aliphatic carbocycles. The number of carbonyl (C=O) groups is 2. The zero-order valence-electron chi connectivity index (χ0n) is 15.6. The molecule has 1 aliphatic rings. The van der Waals surface area contributed by atoms with E-state index in [0.717, 1.165) is 12.8 Å².